The number of halogens is 2. The maximum atomic E-state index is 13.1. The number of carboxylic acids is 2. The lowest BCUT2D eigenvalue weighted by atomic mass is 9.65. The number of hydrogen-bond acceptors (Lipinski definition) is 6. The molecule has 2 aromatic rings. The molecule has 3 N–H and O–H groups in total. The number of nitro groups is 1. The van der Waals surface area contributed by atoms with Gasteiger partial charge in [0.25, 0.3) is 0 Å². The standard InChI is InChI=1S/C26H28Cl2N2O8/c1-25(2)16(9-10-26(25,3)24(34)35)22(31)29-19(23(32)33)11-14-7-8-21(20(12-14)30(36)37)38-13-15-17(27)5-4-6-18(15)28/h4-8,12,16,19H,9-11,13H2,1-3H3,(H,29,31)(H,32,33)(H,34,35)/t16-,19+,26+/m1/s1. The number of ether oxygens (including phenoxy) is 1. The minimum Gasteiger partial charge on any atom is -0.482 e. The van der Waals surface area contributed by atoms with Gasteiger partial charge in [-0.1, -0.05) is 49.2 Å². The fraction of sp³-hybridized carbons (Fsp3) is 0.423. The zero-order valence-corrected chi connectivity index (χ0v) is 22.5. The molecular formula is C26H28Cl2N2O8. The van der Waals surface area contributed by atoms with Crippen molar-refractivity contribution in [2.45, 2.75) is 52.7 Å². The topological polar surface area (TPSA) is 156 Å². The molecule has 3 atom stereocenters. The van der Waals surface area contributed by atoms with Crippen molar-refractivity contribution in [1.29, 1.82) is 0 Å². The van der Waals surface area contributed by atoms with Crippen LogP contribution in [0.4, 0.5) is 5.69 Å². The van der Waals surface area contributed by atoms with Crippen molar-refractivity contribution in [2.24, 2.45) is 16.7 Å². The molecular weight excluding hydrogens is 539 g/mol. The third-order valence-electron chi connectivity index (χ3n) is 7.72. The summed E-state index contributed by atoms with van der Waals surface area (Å²) >= 11 is 12.3. The van der Waals surface area contributed by atoms with Gasteiger partial charge in [-0.3, -0.25) is 19.7 Å². The highest BCUT2D eigenvalue weighted by atomic mass is 35.5. The van der Waals surface area contributed by atoms with Gasteiger partial charge in [-0.15, -0.1) is 0 Å². The molecule has 204 valence electrons. The molecule has 3 rings (SSSR count). The van der Waals surface area contributed by atoms with Gasteiger partial charge < -0.3 is 20.3 Å². The Labute approximate surface area is 229 Å². The van der Waals surface area contributed by atoms with Crippen LogP contribution in [0.5, 0.6) is 5.75 Å². The molecule has 10 nitrogen and oxygen atoms in total. The van der Waals surface area contributed by atoms with Crippen molar-refractivity contribution >= 4 is 46.7 Å². The predicted molar refractivity (Wildman–Crippen MR) is 139 cm³/mol. The number of aliphatic carboxylic acids is 2. The molecule has 0 unspecified atom stereocenters. The van der Waals surface area contributed by atoms with E-state index < -0.39 is 51.2 Å². The van der Waals surface area contributed by atoms with E-state index >= 15 is 0 Å². The van der Waals surface area contributed by atoms with Crippen LogP contribution in [0.3, 0.4) is 0 Å². The molecule has 1 fully saturated rings. The van der Waals surface area contributed by atoms with Crippen LogP contribution >= 0.6 is 23.2 Å². The van der Waals surface area contributed by atoms with Crippen LogP contribution in [0.1, 0.15) is 44.7 Å². The van der Waals surface area contributed by atoms with Crippen molar-refractivity contribution in [3.63, 3.8) is 0 Å². The molecule has 1 aliphatic rings. The molecule has 0 radical (unpaired) electrons. The summed E-state index contributed by atoms with van der Waals surface area (Å²) in [6.07, 6.45) is 0.334. The van der Waals surface area contributed by atoms with Gasteiger partial charge in [0, 0.05) is 34.0 Å². The third kappa shape index (κ3) is 5.71. The van der Waals surface area contributed by atoms with Gasteiger partial charge in [-0.25, -0.2) is 4.79 Å². The van der Waals surface area contributed by atoms with Crippen LogP contribution in [0, 0.1) is 26.9 Å². The van der Waals surface area contributed by atoms with E-state index in [4.69, 9.17) is 27.9 Å². The molecule has 38 heavy (non-hydrogen) atoms. The summed E-state index contributed by atoms with van der Waals surface area (Å²) in [6, 6.07) is 7.49. The SMILES string of the molecule is CC1(C)[C@@H](C(=O)N[C@@H](Cc2ccc(OCc3c(Cl)cccc3Cl)c([N+](=O)[O-])c2)C(=O)O)CC[C@@]1(C)C(=O)O. The van der Waals surface area contributed by atoms with Gasteiger partial charge in [-0.2, -0.15) is 0 Å². The van der Waals surface area contributed by atoms with Gasteiger partial charge in [0.1, 0.15) is 12.6 Å². The Kier molecular flexibility index (Phi) is 8.58. The molecule has 2 aromatic carbocycles. The lowest BCUT2D eigenvalue weighted by molar-refractivity contribution is -0.386. The highest BCUT2D eigenvalue weighted by molar-refractivity contribution is 6.35. The quantitative estimate of drug-likeness (QED) is 0.264. The molecule has 0 aromatic heterocycles. The Hall–Kier alpha value is -3.37. The third-order valence-corrected chi connectivity index (χ3v) is 8.43. The first-order valence-electron chi connectivity index (χ1n) is 11.8. The van der Waals surface area contributed by atoms with Crippen molar-refractivity contribution in [3.8, 4) is 5.75 Å². The first kappa shape index (κ1) is 29.2. The Balaban J connectivity index is 1.77. The lowest BCUT2D eigenvalue weighted by Gasteiger charge is -2.38. The molecule has 12 heteroatoms. The summed E-state index contributed by atoms with van der Waals surface area (Å²) < 4.78 is 5.60. The van der Waals surface area contributed by atoms with Gasteiger partial charge >= 0.3 is 17.6 Å². The van der Waals surface area contributed by atoms with Crippen molar-refractivity contribution in [3.05, 3.63) is 67.7 Å². The summed E-state index contributed by atoms with van der Waals surface area (Å²) in [4.78, 5) is 47.9. The van der Waals surface area contributed by atoms with E-state index in [1.54, 1.807) is 39.0 Å². The molecule has 1 amide bonds. The van der Waals surface area contributed by atoms with Gasteiger partial charge in [0.05, 0.1) is 10.3 Å². The molecule has 1 saturated carbocycles. The zero-order chi connectivity index (χ0) is 28.4. The minimum absolute atomic E-state index is 0.0636. The maximum absolute atomic E-state index is 13.1. The fourth-order valence-electron chi connectivity index (χ4n) is 4.82. The number of nitro benzene ring substituents is 1. The first-order valence-corrected chi connectivity index (χ1v) is 12.5. The van der Waals surface area contributed by atoms with Crippen molar-refractivity contribution in [1.82, 2.24) is 5.32 Å². The number of carbonyl (C=O) groups excluding carboxylic acids is 1. The lowest BCUT2D eigenvalue weighted by Crippen LogP contribution is -2.49. The summed E-state index contributed by atoms with van der Waals surface area (Å²) in [5.41, 5.74) is -1.72. The zero-order valence-electron chi connectivity index (χ0n) is 21.0. The minimum atomic E-state index is -1.39. The van der Waals surface area contributed by atoms with Crippen LogP contribution in [-0.2, 0) is 27.4 Å². The Morgan fingerprint density at radius 2 is 1.79 bits per heavy atom. The molecule has 0 heterocycles. The van der Waals surface area contributed by atoms with Gasteiger partial charge in [0.15, 0.2) is 5.75 Å². The number of rotatable bonds is 10. The van der Waals surface area contributed by atoms with Gasteiger partial charge in [0.2, 0.25) is 5.91 Å². The van der Waals surface area contributed by atoms with Gasteiger partial charge in [-0.05, 0) is 48.9 Å². The molecule has 0 spiro atoms. The number of carbonyl (C=O) groups is 3. The number of hydrogen-bond donors (Lipinski definition) is 3. The van der Waals surface area contributed by atoms with E-state index in [1.807, 2.05) is 0 Å². The average molecular weight is 567 g/mol. The second-order valence-electron chi connectivity index (χ2n) is 10.1. The highest BCUT2D eigenvalue weighted by Crippen LogP contribution is 2.56. The maximum Gasteiger partial charge on any atom is 0.326 e. The smallest absolute Gasteiger partial charge is 0.326 e. The highest BCUT2D eigenvalue weighted by Gasteiger charge is 2.58. The van der Waals surface area contributed by atoms with Crippen molar-refractivity contribution < 1.29 is 34.3 Å². The van der Waals surface area contributed by atoms with E-state index in [-0.39, 0.29) is 30.8 Å². The number of nitrogens with zero attached hydrogens (tertiary/aromatic N) is 1. The number of nitrogens with one attached hydrogen (secondary N) is 1. The predicted octanol–water partition coefficient (Wildman–Crippen LogP) is 5.12. The van der Waals surface area contributed by atoms with E-state index in [0.29, 0.717) is 22.0 Å². The van der Waals surface area contributed by atoms with Crippen LogP contribution in [-0.4, -0.2) is 39.0 Å². The van der Waals surface area contributed by atoms with E-state index in [2.05, 4.69) is 5.32 Å². The van der Waals surface area contributed by atoms with Crippen LogP contribution in [0.2, 0.25) is 10.0 Å². The molecule has 0 bridgehead atoms. The van der Waals surface area contributed by atoms with E-state index in [0.717, 1.165) is 0 Å². The van der Waals surface area contributed by atoms with Crippen LogP contribution < -0.4 is 10.1 Å². The summed E-state index contributed by atoms with van der Waals surface area (Å²) in [5, 5.41) is 34.3. The van der Waals surface area contributed by atoms with E-state index in [9.17, 15) is 34.7 Å². The fourth-order valence-corrected chi connectivity index (χ4v) is 5.33. The second-order valence-corrected chi connectivity index (χ2v) is 10.9. The number of benzene rings is 2. The first-order chi connectivity index (χ1) is 17.7. The molecule has 0 saturated heterocycles. The monoisotopic (exact) mass is 566 g/mol. The Morgan fingerprint density at radius 3 is 2.32 bits per heavy atom. The Bertz CT molecular complexity index is 1260. The van der Waals surface area contributed by atoms with Crippen molar-refractivity contribution in [2.75, 3.05) is 0 Å². The molecule has 0 aliphatic heterocycles. The summed E-state index contributed by atoms with van der Waals surface area (Å²) in [6.45, 7) is 4.83. The van der Waals surface area contributed by atoms with Crippen LogP contribution in [0.25, 0.3) is 0 Å². The normalized spacial score (nSPS) is 20.9. The average Bonchev–Trinajstić information content (AvgIpc) is 3.08. The van der Waals surface area contributed by atoms with Crippen LogP contribution in [0.15, 0.2) is 36.4 Å². The molecule has 1 aliphatic carbocycles. The summed E-state index contributed by atoms with van der Waals surface area (Å²) in [7, 11) is 0. The summed E-state index contributed by atoms with van der Waals surface area (Å²) in [5.74, 6) is -3.69. The number of amides is 1. The Morgan fingerprint density at radius 1 is 1.16 bits per heavy atom. The number of carboxylic acid groups (broad SMARTS) is 2. The van der Waals surface area contributed by atoms with E-state index in [1.165, 1.54) is 18.2 Å². The second kappa shape index (κ2) is 11.2. The largest absolute Gasteiger partial charge is 0.482 e.